The summed E-state index contributed by atoms with van der Waals surface area (Å²) in [6.45, 7) is 1.65. The van der Waals surface area contributed by atoms with Gasteiger partial charge in [0.1, 0.15) is 0 Å². The van der Waals surface area contributed by atoms with Gasteiger partial charge in [-0.25, -0.2) is 4.99 Å². The van der Waals surface area contributed by atoms with Gasteiger partial charge in [-0.05, 0) is 25.7 Å². The first-order chi connectivity index (χ1) is 7.34. The Morgan fingerprint density at radius 2 is 1.80 bits per heavy atom. The standard InChI is InChI=1S/C11H21N3O/c12-11(13-9-3-1-2-4-9)14-10-5-7-15-8-6-10/h9-10H,1-8H2,(H3,12,13,14). The quantitative estimate of drug-likeness (QED) is 0.529. The third-order valence-electron chi connectivity index (χ3n) is 3.22. The highest BCUT2D eigenvalue weighted by Crippen LogP contribution is 2.17. The second-order valence-corrected chi connectivity index (χ2v) is 4.48. The summed E-state index contributed by atoms with van der Waals surface area (Å²) in [5.74, 6) is 0.633. The molecule has 0 spiro atoms. The molecule has 1 saturated carbocycles. The highest BCUT2D eigenvalue weighted by molar-refractivity contribution is 5.78. The van der Waals surface area contributed by atoms with Crippen molar-refractivity contribution in [2.24, 2.45) is 10.7 Å². The van der Waals surface area contributed by atoms with E-state index in [9.17, 15) is 0 Å². The molecule has 1 saturated heterocycles. The van der Waals surface area contributed by atoms with E-state index in [4.69, 9.17) is 10.5 Å². The lowest BCUT2D eigenvalue weighted by atomic mass is 10.1. The summed E-state index contributed by atoms with van der Waals surface area (Å²) < 4.78 is 5.28. The maximum absolute atomic E-state index is 5.88. The zero-order chi connectivity index (χ0) is 10.5. The van der Waals surface area contributed by atoms with Crippen LogP contribution in [0.3, 0.4) is 0 Å². The molecule has 0 amide bonds. The molecule has 2 aliphatic rings. The molecule has 15 heavy (non-hydrogen) atoms. The van der Waals surface area contributed by atoms with E-state index in [1.54, 1.807) is 0 Å². The summed E-state index contributed by atoms with van der Waals surface area (Å²) in [4.78, 5) is 4.50. The van der Waals surface area contributed by atoms with E-state index in [2.05, 4.69) is 10.3 Å². The van der Waals surface area contributed by atoms with Crippen molar-refractivity contribution in [1.29, 1.82) is 0 Å². The number of guanidine groups is 1. The summed E-state index contributed by atoms with van der Waals surface area (Å²) in [5.41, 5.74) is 5.88. The first-order valence-corrected chi connectivity index (χ1v) is 6.02. The lowest BCUT2D eigenvalue weighted by Crippen LogP contribution is -2.39. The second kappa shape index (κ2) is 5.35. The van der Waals surface area contributed by atoms with Gasteiger partial charge < -0.3 is 15.8 Å². The molecule has 0 radical (unpaired) electrons. The normalized spacial score (nSPS) is 25.7. The van der Waals surface area contributed by atoms with Crippen LogP contribution >= 0.6 is 0 Å². The fraction of sp³-hybridized carbons (Fsp3) is 0.909. The molecule has 0 unspecified atom stereocenters. The zero-order valence-electron chi connectivity index (χ0n) is 9.24. The Morgan fingerprint density at radius 3 is 2.47 bits per heavy atom. The molecular weight excluding hydrogens is 190 g/mol. The Bertz CT molecular complexity index is 218. The SMILES string of the molecule is NC(=NC1CCOCC1)NC1CCCC1. The molecule has 4 nitrogen and oxygen atoms in total. The van der Waals surface area contributed by atoms with Crippen molar-refractivity contribution in [3.63, 3.8) is 0 Å². The maximum atomic E-state index is 5.88. The second-order valence-electron chi connectivity index (χ2n) is 4.48. The molecule has 0 aromatic rings. The molecule has 2 fully saturated rings. The van der Waals surface area contributed by atoms with E-state index in [1.165, 1.54) is 25.7 Å². The first kappa shape index (κ1) is 10.7. The molecule has 0 aromatic carbocycles. The molecule has 0 bridgehead atoms. The van der Waals surface area contributed by atoms with Crippen LogP contribution in [-0.4, -0.2) is 31.3 Å². The average molecular weight is 211 g/mol. The van der Waals surface area contributed by atoms with Gasteiger partial charge in [0.15, 0.2) is 5.96 Å². The van der Waals surface area contributed by atoms with Gasteiger partial charge >= 0.3 is 0 Å². The van der Waals surface area contributed by atoms with Crippen molar-refractivity contribution in [2.45, 2.75) is 50.6 Å². The van der Waals surface area contributed by atoms with Crippen LogP contribution in [0.4, 0.5) is 0 Å². The van der Waals surface area contributed by atoms with E-state index < -0.39 is 0 Å². The van der Waals surface area contributed by atoms with Gasteiger partial charge in [0.2, 0.25) is 0 Å². The lowest BCUT2D eigenvalue weighted by molar-refractivity contribution is 0.0870. The summed E-state index contributed by atoms with van der Waals surface area (Å²) in [7, 11) is 0. The highest BCUT2D eigenvalue weighted by atomic mass is 16.5. The number of nitrogens with one attached hydrogen (secondary N) is 1. The first-order valence-electron chi connectivity index (χ1n) is 6.02. The Morgan fingerprint density at radius 1 is 1.13 bits per heavy atom. The van der Waals surface area contributed by atoms with E-state index in [-0.39, 0.29) is 0 Å². The van der Waals surface area contributed by atoms with Gasteiger partial charge in [-0.2, -0.15) is 0 Å². The fourth-order valence-corrected chi connectivity index (χ4v) is 2.33. The largest absolute Gasteiger partial charge is 0.381 e. The molecule has 1 heterocycles. The molecule has 4 heteroatoms. The Labute approximate surface area is 91.3 Å². The third kappa shape index (κ3) is 3.38. The summed E-state index contributed by atoms with van der Waals surface area (Å²) in [5, 5.41) is 3.31. The van der Waals surface area contributed by atoms with Crippen molar-refractivity contribution >= 4 is 5.96 Å². The van der Waals surface area contributed by atoms with Crippen LogP contribution in [0.15, 0.2) is 4.99 Å². The molecule has 1 aliphatic heterocycles. The number of nitrogens with zero attached hydrogens (tertiary/aromatic N) is 1. The predicted octanol–water partition coefficient (Wildman–Crippen LogP) is 1.01. The van der Waals surface area contributed by atoms with Crippen molar-refractivity contribution in [2.75, 3.05) is 13.2 Å². The van der Waals surface area contributed by atoms with Crippen molar-refractivity contribution in [3.8, 4) is 0 Å². The van der Waals surface area contributed by atoms with E-state index in [1.807, 2.05) is 0 Å². The van der Waals surface area contributed by atoms with Crippen LogP contribution in [0.1, 0.15) is 38.5 Å². The number of rotatable bonds is 2. The topological polar surface area (TPSA) is 59.6 Å². The van der Waals surface area contributed by atoms with Gasteiger partial charge in [-0.1, -0.05) is 12.8 Å². The van der Waals surface area contributed by atoms with Gasteiger partial charge in [-0.15, -0.1) is 0 Å². The van der Waals surface area contributed by atoms with Crippen molar-refractivity contribution in [1.82, 2.24) is 5.32 Å². The minimum atomic E-state index is 0.368. The fourth-order valence-electron chi connectivity index (χ4n) is 2.33. The van der Waals surface area contributed by atoms with E-state index in [0.29, 0.717) is 18.0 Å². The van der Waals surface area contributed by atoms with Crippen LogP contribution in [0.2, 0.25) is 0 Å². The lowest BCUT2D eigenvalue weighted by Gasteiger charge is -2.20. The number of hydrogen-bond acceptors (Lipinski definition) is 2. The number of ether oxygens (including phenoxy) is 1. The molecule has 86 valence electrons. The molecular formula is C11H21N3O. The number of aliphatic imine (C=N–C) groups is 1. The van der Waals surface area contributed by atoms with Crippen LogP contribution in [0.5, 0.6) is 0 Å². The zero-order valence-corrected chi connectivity index (χ0v) is 9.24. The monoisotopic (exact) mass is 211 g/mol. The Balaban J connectivity index is 1.77. The molecule has 0 atom stereocenters. The van der Waals surface area contributed by atoms with Crippen LogP contribution in [0, 0.1) is 0 Å². The minimum Gasteiger partial charge on any atom is -0.381 e. The van der Waals surface area contributed by atoms with Gasteiger partial charge in [0.25, 0.3) is 0 Å². The Kier molecular flexibility index (Phi) is 3.83. The maximum Gasteiger partial charge on any atom is 0.189 e. The third-order valence-corrected chi connectivity index (χ3v) is 3.22. The molecule has 3 N–H and O–H groups in total. The van der Waals surface area contributed by atoms with E-state index in [0.717, 1.165) is 26.1 Å². The summed E-state index contributed by atoms with van der Waals surface area (Å²) in [6, 6.07) is 0.932. The van der Waals surface area contributed by atoms with Gasteiger partial charge in [0.05, 0.1) is 6.04 Å². The molecule has 1 aliphatic carbocycles. The molecule has 2 rings (SSSR count). The average Bonchev–Trinajstić information content (AvgIpc) is 2.71. The minimum absolute atomic E-state index is 0.368. The van der Waals surface area contributed by atoms with Crippen molar-refractivity contribution < 1.29 is 4.74 Å². The van der Waals surface area contributed by atoms with Gasteiger partial charge in [0, 0.05) is 19.3 Å². The summed E-state index contributed by atoms with van der Waals surface area (Å²) >= 11 is 0. The summed E-state index contributed by atoms with van der Waals surface area (Å²) in [6.07, 6.45) is 7.14. The van der Waals surface area contributed by atoms with Gasteiger partial charge in [-0.3, -0.25) is 0 Å². The number of hydrogen-bond donors (Lipinski definition) is 2. The van der Waals surface area contributed by atoms with Crippen LogP contribution in [0.25, 0.3) is 0 Å². The smallest absolute Gasteiger partial charge is 0.189 e. The van der Waals surface area contributed by atoms with Crippen LogP contribution < -0.4 is 11.1 Å². The van der Waals surface area contributed by atoms with Crippen LogP contribution in [-0.2, 0) is 4.74 Å². The predicted molar refractivity (Wildman–Crippen MR) is 60.9 cm³/mol. The Hall–Kier alpha value is -0.770. The van der Waals surface area contributed by atoms with Crippen molar-refractivity contribution in [3.05, 3.63) is 0 Å². The highest BCUT2D eigenvalue weighted by Gasteiger charge is 2.17. The van der Waals surface area contributed by atoms with E-state index >= 15 is 0 Å². The molecule has 0 aromatic heterocycles. The number of nitrogens with two attached hydrogens (primary N) is 1.